The Balaban J connectivity index is 0.00000106. The van der Waals surface area contributed by atoms with Crippen molar-refractivity contribution < 1.29 is 17.1 Å². The molecule has 0 spiro atoms. The molecule has 0 unspecified atom stereocenters. The number of hydrogen-bond donors (Lipinski definition) is 0. The van der Waals surface area contributed by atoms with Crippen LogP contribution in [0.25, 0.3) is 0 Å². The molecule has 2 heterocycles. The third-order valence-electron chi connectivity index (χ3n) is 3.30. The molecule has 0 amide bonds. The number of hydrogen-bond acceptors (Lipinski definition) is 5. The van der Waals surface area contributed by atoms with Crippen LogP contribution in [0.15, 0.2) is 4.52 Å². The molecule has 5 nitrogen and oxygen atoms in total. The second-order valence-electron chi connectivity index (χ2n) is 4.68. The second-order valence-corrected chi connectivity index (χ2v) is 5.12. The highest BCUT2D eigenvalue weighted by Gasteiger charge is 2.43. The van der Waals surface area contributed by atoms with Gasteiger partial charge >= 0.3 is 5.95 Å². The van der Waals surface area contributed by atoms with Gasteiger partial charge in [-0.3, -0.25) is 0 Å². The largest absolute Gasteiger partial charge is 0.392 e. The predicted molar refractivity (Wildman–Crippen MR) is 89.6 cm³/mol. The van der Waals surface area contributed by atoms with Crippen molar-refractivity contribution in [3.8, 4) is 5.95 Å². The van der Waals surface area contributed by atoms with Crippen molar-refractivity contribution in [2.75, 3.05) is 13.2 Å². The Morgan fingerprint density at radius 1 is 1.19 bits per heavy atom. The van der Waals surface area contributed by atoms with E-state index in [0.29, 0.717) is 19.2 Å². The minimum absolute atomic E-state index is 0.471. The van der Waals surface area contributed by atoms with Crippen molar-refractivity contribution in [2.45, 2.75) is 65.6 Å². The lowest BCUT2D eigenvalue weighted by molar-refractivity contribution is -0.175. The van der Waals surface area contributed by atoms with Crippen LogP contribution >= 0.6 is 23.0 Å². The summed E-state index contributed by atoms with van der Waals surface area (Å²) in [6.07, 6.45) is 4.77. The van der Waals surface area contributed by atoms with Gasteiger partial charge in [0.25, 0.3) is 0 Å². The van der Waals surface area contributed by atoms with Crippen molar-refractivity contribution in [3.05, 3.63) is 11.3 Å². The van der Waals surface area contributed by atoms with Crippen molar-refractivity contribution >= 4 is 23.0 Å². The van der Waals surface area contributed by atoms with Crippen molar-refractivity contribution in [3.63, 3.8) is 0 Å². The number of halogens is 1. The number of rotatable bonds is 7. The van der Waals surface area contributed by atoms with Gasteiger partial charge < -0.3 is 17.1 Å². The number of ether oxygens (including phenoxy) is 2. The summed E-state index contributed by atoms with van der Waals surface area (Å²) in [7, 11) is 0. The number of aromatic nitrogens is 1. The Bertz CT molecular complexity index is 402. The Morgan fingerprint density at radius 2 is 1.86 bits per heavy atom. The van der Waals surface area contributed by atoms with E-state index in [-0.39, 0.29) is 0 Å². The molecule has 122 valence electrons. The van der Waals surface area contributed by atoms with Crippen LogP contribution in [0.3, 0.4) is 0 Å². The van der Waals surface area contributed by atoms with Gasteiger partial charge in [-0.25, -0.2) is 0 Å². The molecule has 1 fully saturated rings. The molecule has 0 atom stereocenters. The molecule has 0 N–H and O–H groups in total. The van der Waals surface area contributed by atoms with Crippen LogP contribution in [0.5, 0.6) is 5.95 Å². The zero-order valence-electron chi connectivity index (χ0n) is 13.4. The average Bonchev–Trinajstić information content (AvgIpc) is 3.14. The summed E-state index contributed by atoms with van der Waals surface area (Å²) in [6.45, 7) is 9.46. The molecular weight excluding hydrogens is 385 g/mol. The van der Waals surface area contributed by atoms with E-state index in [1.54, 1.807) is 0 Å². The van der Waals surface area contributed by atoms with Crippen LogP contribution in [-0.2, 0) is 21.7 Å². The highest BCUT2D eigenvalue weighted by molar-refractivity contribution is 14.1. The van der Waals surface area contributed by atoms with Gasteiger partial charge in [-0.05, 0) is 12.8 Å². The van der Waals surface area contributed by atoms with Gasteiger partial charge in [-0.15, -0.1) is 0 Å². The van der Waals surface area contributed by atoms with E-state index < -0.39 is 5.79 Å². The number of nitrogens with zero attached hydrogens (tertiary/aromatic N) is 1. The third-order valence-corrected chi connectivity index (χ3v) is 3.70. The predicted octanol–water partition coefficient (Wildman–Crippen LogP) is 4.77. The lowest BCUT2D eigenvalue weighted by Crippen LogP contribution is -2.28. The van der Waals surface area contributed by atoms with E-state index in [1.165, 1.54) is 0 Å². The lowest BCUT2D eigenvalue weighted by atomic mass is 10.00. The molecule has 1 aliphatic heterocycles. The lowest BCUT2D eigenvalue weighted by Gasteiger charge is -2.25. The Kier molecular flexibility index (Phi) is 8.58. The van der Waals surface area contributed by atoms with E-state index in [0.717, 1.165) is 43.4 Å². The van der Waals surface area contributed by atoms with Crippen LogP contribution in [0.4, 0.5) is 0 Å². The highest BCUT2D eigenvalue weighted by Crippen LogP contribution is 2.40. The van der Waals surface area contributed by atoms with E-state index in [9.17, 15) is 0 Å². The fourth-order valence-corrected chi connectivity index (χ4v) is 2.76. The first-order valence-corrected chi connectivity index (χ1v) is 8.71. The maximum absolute atomic E-state index is 5.84. The van der Waals surface area contributed by atoms with Gasteiger partial charge in [0.1, 0.15) is 5.69 Å². The first-order chi connectivity index (χ1) is 10.3. The molecule has 0 aliphatic carbocycles. The zero-order valence-corrected chi connectivity index (χ0v) is 15.6. The van der Waals surface area contributed by atoms with Crippen LogP contribution in [0, 0.1) is 0 Å². The Morgan fingerprint density at radius 3 is 2.38 bits per heavy atom. The molecule has 1 aliphatic rings. The first kappa shape index (κ1) is 18.7. The maximum atomic E-state index is 5.84. The summed E-state index contributed by atoms with van der Waals surface area (Å²) in [4.78, 5) is 0. The summed E-state index contributed by atoms with van der Waals surface area (Å²) in [5.74, 6) is -0.270. The minimum atomic E-state index is -0.741. The molecule has 21 heavy (non-hydrogen) atoms. The first-order valence-electron chi connectivity index (χ1n) is 7.83. The van der Waals surface area contributed by atoms with Gasteiger partial charge in [0.05, 0.1) is 18.8 Å². The van der Waals surface area contributed by atoms with Gasteiger partial charge in [0.15, 0.2) is 23.0 Å². The smallest absolute Gasteiger partial charge is 0.324 e. The quantitative estimate of drug-likeness (QED) is 0.605. The molecule has 1 aromatic heterocycles. The molecule has 6 heteroatoms. The average molecular weight is 411 g/mol. The fourth-order valence-electron chi connectivity index (χ4n) is 2.41. The minimum Gasteiger partial charge on any atom is -0.392 e. The van der Waals surface area contributed by atoms with E-state index in [1.807, 2.05) is 36.9 Å². The van der Waals surface area contributed by atoms with Crippen molar-refractivity contribution in [1.29, 1.82) is 0 Å². The summed E-state index contributed by atoms with van der Waals surface area (Å²) >= 11 is 1.82. The molecule has 0 radical (unpaired) electrons. The van der Waals surface area contributed by atoms with Gasteiger partial charge in [-0.2, -0.15) is 0 Å². The molecule has 0 saturated carbocycles. The SMILES string of the molecule is CC.CCCCc1c(C2(CCC)OCCO2)noc1OI. The van der Waals surface area contributed by atoms with E-state index in [4.69, 9.17) is 17.1 Å². The second kappa shape index (κ2) is 9.63. The van der Waals surface area contributed by atoms with Crippen LogP contribution < -0.4 is 3.07 Å². The van der Waals surface area contributed by atoms with Gasteiger partial charge in [0.2, 0.25) is 5.79 Å². The Hall–Kier alpha value is -0.340. The zero-order chi connectivity index (χ0) is 15.7. The summed E-state index contributed by atoms with van der Waals surface area (Å²) in [5.41, 5.74) is 1.73. The van der Waals surface area contributed by atoms with Gasteiger partial charge in [-0.1, -0.05) is 45.7 Å². The molecule has 1 aromatic rings. The Labute approximate surface area is 141 Å². The fraction of sp³-hybridized carbons (Fsp3) is 0.800. The summed E-state index contributed by atoms with van der Waals surface area (Å²) < 4.78 is 22.2. The summed E-state index contributed by atoms with van der Waals surface area (Å²) in [5, 5.41) is 4.16. The van der Waals surface area contributed by atoms with E-state index >= 15 is 0 Å². The third kappa shape index (κ3) is 4.32. The molecule has 2 rings (SSSR count). The molecule has 0 aromatic carbocycles. The molecule has 0 bridgehead atoms. The number of unbranched alkanes of at least 4 members (excludes halogenated alkanes) is 1. The maximum Gasteiger partial charge on any atom is 0.324 e. The van der Waals surface area contributed by atoms with Gasteiger partial charge in [0, 0.05) is 6.42 Å². The van der Waals surface area contributed by atoms with Crippen molar-refractivity contribution in [2.24, 2.45) is 0 Å². The molecule has 1 saturated heterocycles. The standard InChI is InChI=1S/C13H20INO4.C2H6/c1-3-5-6-10-11(15-19-12(10)18-14)13(7-4-2)16-8-9-17-13;1-2/h3-9H2,1-2H3;1-2H3. The van der Waals surface area contributed by atoms with Crippen molar-refractivity contribution in [1.82, 2.24) is 5.16 Å². The van der Waals surface area contributed by atoms with Crippen LogP contribution in [0.1, 0.15) is 64.6 Å². The normalized spacial score (nSPS) is 16.4. The van der Waals surface area contributed by atoms with Crippen LogP contribution in [-0.4, -0.2) is 18.4 Å². The molecular formula is C15H26INO4. The summed E-state index contributed by atoms with van der Waals surface area (Å²) in [6, 6.07) is 0. The topological polar surface area (TPSA) is 53.7 Å². The monoisotopic (exact) mass is 411 g/mol. The van der Waals surface area contributed by atoms with Crippen LogP contribution in [0.2, 0.25) is 0 Å². The highest BCUT2D eigenvalue weighted by atomic mass is 127. The van der Waals surface area contributed by atoms with E-state index in [2.05, 4.69) is 19.0 Å².